The fourth-order valence-electron chi connectivity index (χ4n) is 0.258. The summed E-state index contributed by atoms with van der Waals surface area (Å²) in [4.78, 5) is 19.0. The summed E-state index contributed by atoms with van der Waals surface area (Å²) < 4.78 is 0. The van der Waals surface area contributed by atoms with Gasteiger partial charge in [-0.05, 0) is 0 Å². The molecular weight excluding hydrogens is 143 g/mol. The average Bonchev–Trinajstić information content (AvgIpc) is 1.69. The van der Waals surface area contributed by atoms with Crippen molar-refractivity contribution in [2.24, 2.45) is 0 Å². The van der Waals surface area contributed by atoms with Crippen LogP contribution in [0.2, 0.25) is 0 Å². The Kier molecular flexibility index (Phi) is 13.6. The van der Waals surface area contributed by atoms with Crippen LogP contribution in [0.25, 0.3) is 0 Å². The van der Waals surface area contributed by atoms with Gasteiger partial charge in [0.15, 0.2) is 0 Å². The zero-order valence-electron chi connectivity index (χ0n) is 4.46. The number of aldehydes is 1. The summed E-state index contributed by atoms with van der Waals surface area (Å²) in [7, 11) is 0. The van der Waals surface area contributed by atoms with Crippen molar-refractivity contribution in [3.63, 3.8) is 0 Å². The molecule has 0 bridgehead atoms. The Morgan fingerprint density at radius 1 is 1.50 bits per heavy atom. The molecule has 0 saturated carbocycles. The number of rotatable bonds is 4. The monoisotopic (exact) mass is 150 g/mol. The van der Waals surface area contributed by atoms with Crippen molar-refractivity contribution in [1.29, 1.82) is 0 Å². The topological polar surface area (TPSA) is 34.1 Å². The molecule has 0 aliphatic heterocycles. The van der Waals surface area contributed by atoms with E-state index in [9.17, 15) is 9.59 Å². The summed E-state index contributed by atoms with van der Waals surface area (Å²) in [5, 5.41) is 0. The van der Waals surface area contributed by atoms with Crippen molar-refractivity contribution in [2.75, 3.05) is 0 Å². The minimum Gasteiger partial charge on any atom is -0.542 e. The summed E-state index contributed by atoms with van der Waals surface area (Å²) in [5.41, 5.74) is 0. The van der Waals surface area contributed by atoms with E-state index in [-0.39, 0.29) is 18.6 Å². The second-order valence-corrected chi connectivity index (χ2v) is 1.20. The number of carbonyl (C=O) groups excluding carboxylic acids is 2. The largest absolute Gasteiger partial charge is 0.542 e. The molecule has 0 aliphatic rings. The predicted octanol–water partition coefficient (Wildman–Crippen LogP) is 0.463. The first-order chi connectivity index (χ1) is 3.41. The third-order valence-corrected chi connectivity index (χ3v) is 0.601. The molecule has 0 aromatic heterocycles. The maximum Gasteiger partial charge on any atom is 0.119 e. The average molecular weight is 150 g/mol. The van der Waals surface area contributed by atoms with E-state index in [0.29, 0.717) is 19.3 Å². The quantitative estimate of drug-likeness (QED) is 0.331. The maximum atomic E-state index is 9.55. The normalized spacial score (nSPS) is 7.00. The zero-order valence-corrected chi connectivity index (χ0v) is 5.86. The maximum absolute atomic E-state index is 9.55. The first kappa shape index (κ1) is 10.8. The van der Waals surface area contributed by atoms with Gasteiger partial charge in [-0.2, -0.15) is 6.42 Å². The van der Waals surface area contributed by atoms with E-state index in [2.05, 4.69) is 0 Å². The van der Waals surface area contributed by atoms with E-state index in [0.717, 1.165) is 6.29 Å². The Morgan fingerprint density at radius 3 is 2.50 bits per heavy atom. The summed E-state index contributed by atoms with van der Waals surface area (Å²) in [6.07, 6.45) is 4.01. The van der Waals surface area contributed by atoms with Crippen LogP contribution in [0, 0.1) is 0 Å². The molecule has 0 aromatic carbocycles. The van der Waals surface area contributed by atoms with Crippen LogP contribution in [0.5, 0.6) is 0 Å². The van der Waals surface area contributed by atoms with Crippen molar-refractivity contribution >= 4 is 12.6 Å². The Hall–Kier alpha value is -0.0756. The van der Waals surface area contributed by atoms with Gasteiger partial charge in [0.05, 0.1) is 0 Å². The molecule has 0 saturated heterocycles. The SMILES string of the molecule is O=[C-]CCCC=O.[V]. The molecule has 0 amide bonds. The van der Waals surface area contributed by atoms with Crippen LogP contribution in [0.1, 0.15) is 19.3 Å². The van der Waals surface area contributed by atoms with Gasteiger partial charge in [0.2, 0.25) is 0 Å². The number of unbranched alkanes of at least 4 members (excludes halogenated alkanes) is 2. The van der Waals surface area contributed by atoms with E-state index in [4.69, 9.17) is 0 Å². The van der Waals surface area contributed by atoms with Crippen molar-refractivity contribution in [1.82, 2.24) is 0 Å². The van der Waals surface area contributed by atoms with Gasteiger partial charge >= 0.3 is 0 Å². The fourth-order valence-corrected chi connectivity index (χ4v) is 0.258. The Morgan fingerprint density at radius 2 is 2.12 bits per heavy atom. The van der Waals surface area contributed by atoms with E-state index in [1.165, 1.54) is 0 Å². The molecule has 0 aromatic rings. The standard InChI is InChI=1S/C5H7O2.V/c6-4-2-1-3-5-7;/h4H,1-3H2;/q-1;. The summed E-state index contributed by atoms with van der Waals surface area (Å²) in [6, 6.07) is 0. The molecule has 0 atom stereocenters. The first-order valence-corrected chi connectivity index (χ1v) is 2.20. The molecular formula is C5H7O2V-. The molecule has 45 valence electrons. The molecule has 0 unspecified atom stereocenters. The summed E-state index contributed by atoms with van der Waals surface area (Å²) in [6.45, 7) is 0. The van der Waals surface area contributed by atoms with Gasteiger partial charge in [-0.25, -0.2) is 0 Å². The van der Waals surface area contributed by atoms with Gasteiger partial charge in [0.25, 0.3) is 0 Å². The Labute approximate surface area is 60.5 Å². The van der Waals surface area contributed by atoms with Crippen LogP contribution < -0.4 is 0 Å². The molecule has 0 N–H and O–H groups in total. The van der Waals surface area contributed by atoms with Crippen LogP contribution in [0.15, 0.2) is 0 Å². The van der Waals surface area contributed by atoms with E-state index in [1.54, 1.807) is 6.29 Å². The molecule has 2 nitrogen and oxygen atoms in total. The number of hydrogen-bond donors (Lipinski definition) is 0. The Balaban J connectivity index is 0. The van der Waals surface area contributed by atoms with Crippen molar-refractivity contribution in [3.8, 4) is 0 Å². The van der Waals surface area contributed by atoms with Crippen LogP contribution in [0.4, 0.5) is 0 Å². The molecule has 0 aliphatic carbocycles. The van der Waals surface area contributed by atoms with Gasteiger partial charge in [0.1, 0.15) is 6.29 Å². The molecule has 0 spiro atoms. The van der Waals surface area contributed by atoms with E-state index < -0.39 is 0 Å². The van der Waals surface area contributed by atoms with Crippen LogP contribution in [-0.2, 0) is 28.1 Å². The Bertz CT molecular complexity index is 55.4. The molecule has 1 radical (unpaired) electrons. The molecule has 0 rings (SSSR count). The second-order valence-electron chi connectivity index (χ2n) is 1.20. The van der Waals surface area contributed by atoms with Gasteiger partial charge < -0.3 is 9.59 Å². The van der Waals surface area contributed by atoms with Gasteiger partial charge in [-0.3, -0.25) is 6.29 Å². The van der Waals surface area contributed by atoms with Crippen molar-refractivity contribution in [3.05, 3.63) is 0 Å². The second kappa shape index (κ2) is 10.0. The van der Waals surface area contributed by atoms with Gasteiger partial charge in [-0.15, -0.1) is 0 Å². The smallest absolute Gasteiger partial charge is 0.119 e. The molecule has 8 heavy (non-hydrogen) atoms. The van der Waals surface area contributed by atoms with Crippen LogP contribution >= 0.6 is 0 Å². The third-order valence-electron chi connectivity index (χ3n) is 0.601. The third kappa shape index (κ3) is 9.33. The number of carbonyl (C=O) groups is 1. The van der Waals surface area contributed by atoms with E-state index in [1.807, 2.05) is 0 Å². The van der Waals surface area contributed by atoms with Gasteiger partial charge in [-0.1, -0.05) is 6.42 Å². The molecule has 0 heterocycles. The fraction of sp³-hybridized carbons (Fsp3) is 0.600. The minimum atomic E-state index is 0. The van der Waals surface area contributed by atoms with Crippen molar-refractivity contribution in [2.45, 2.75) is 19.3 Å². The van der Waals surface area contributed by atoms with Gasteiger partial charge in [0, 0.05) is 25.0 Å². The predicted molar refractivity (Wildman–Crippen MR) is 25.6 cm³/mol. The molecule has 3 heteroatoms. The summed E-state index contributed by atoms with van der Waals surface area (Å²) in [5.74, 6) is 0. The van der Waals surface area contributed by atoms with Crippen LogP contribution in [-0.4, -0.2) is 12.6 Å². The first-order valence-electron chi connectivity index (χ1n) is 2.20. The zero-order chi connectivity index (χ0) is 5.54. The van der Waals surface area contributed by atoms with Crippen LogP contribution in [0.3, 0.4) is 0 Å². The number of hydrogen-bond acceptors (Lipinski definition) is 2. The summed E-state index contributed by atoms with van der Waals surface area (Å²) >= 11 is 0. The minimum absolute atomic E-state index is 0. The van der Waals surface area contributed by atoms with E-state index >= 15 is 0 Å². The molecule has 0 fully saturated rings. The van der Waals surface area contributed by atoms with Crippen molar-refractivity contribution < 1.29 is 28.1 Å².